The zero-order chi connectivity index (χ0) is 10.1. The highest BCUT2D eigenvalue weighted by molar-refractivity contribution is 6.33. The number of rotatable bonds is 1. The summed E-state index contributed by atoms with van der Waals surface area (Å²) in [7, 11) is 0. The molecule has 1 aromatic heterocycles. The van der Waals surface area contributed by atoms with Gasteiger partial charge in [-0.1, -0.05) is 11.6 Å². The van der Waals surface area contributed by atoms with Gasteiger partial charge in [-0.25, -0.2) is 0 Å². The van der Waals surface area contributed by atoms with Crippen LogP contribution in [0.15, 0.2) is 18.3 Å². The summed E-state index contributed by atoms with van der Waals surface area (Å²) in [6.07, 6.45) is 1.97. The number of hydrogen-bond acceptors (Lipinski definition) is 2. The van der Waals surface area contributed by atoms with Crippen molar-refractivity contribution in [3.63, 3.8) is 0 Å². The lowest BCUT2D eigenvalue weighted by molar-refractivity contribution is 0.481. The molecule has 0 fully saturated rings. The number of H-pyrrole nitrogens is 1. The van der Waals surface area contributed by atoms with Crippen molar-refractivity contribution in [1.29, 1.82) is 5.26 Å². The number of phenolic OH excluding ortho intramolecular Hbond substituents is 1. The number of nitrogens with one attached hydrogen (secondary N) is 1. The Balaban J connectivity index is 2.77. The first-order valence-electron chi connectivity index (χ1n) is 4.08. The Morgan fingerprint density at radius 1 is 1.50 bits per heavy atom. The van der Waals surface area contributed by atoms with Crippen LogP contribution in [0, 0.1) is 11.3 Å². The van der Waals surface area contributed by atoms with E-state index in [0.29, 0.717) is 10.4 Å². The molecule has 0 unspecified atom stereocenters. The molecule has 0 saturated carbocycles. The van der Waals surface area contributed by atoms with Crippen molar-refractivity contribution < 1.29 is 5.11 Å². The molecule has 3 nitrogen and oxygen atoms in total. The van der Waals surface area contributed by atoms with Gasteiger partial charge in [0, 0.05) is 17.1 Å². The summed E-state index contributed by atoms with van der Waals surface area (Å²) in [6.45, 7) is 0. The number of aromatic amines is 1. The Morgan fingerprint density at radius 3 is 3.00 bits per heavy atom. The zero-order valence-electron chi connectivity index (χ0n) is 7.21. The van der Waals surface area contributed by atoms with Crippen molar-refractivity contribution in [3.8, 4) is 11.8 Å². The number of nitrogens with zero attached hydrogens (tertiary/aromatic N) is 1. The molecule has 0 amide bonds. The van der Waals surface area contributed by atoms with Gasteiger partial charge in [-0.15, -0.1) is 0 Å². The largest absolute Gasteiger partial charge is 0.506 e. The lowest BCUT2D eigenvalue weighted by atomic mass is 10.1. The summed E-state index contributed by atoms with van der Waals surface area (Å²) in [4.78, 5) is 2.97. The average molecular weight is 207 g/mol. The van der Waals surface area contributed by atoms with Crippen LogP contribution in [-0.2, 0) is 6.42 Å². The molecule has 4 heteroatoms. The van der Waals surface area contributed by atoms with Crippen LogP contribution < -0.4 is 0 Å². The molecule has 0 bridgehead atoms. The highest BCUT2D eigenvalue weighted by atomic mass is 35.5. The number of halogens is 1. The molecule has 70 valence electrons. The van der Waals surface area contributed by atoms with E-state index in [4.69, 9.17) is 16.9 Å². The summed E-state index contributed by atoms with van der Waals surface area (Å²) < 4.78 is 0. The Kier molecular flexibility index (Phi) is 2.06. The minimum absolute atomic E-state index is 0.0377. The van der Waals surface area contributed by atoms with E-state index in [9.17, 15) is 5.11 Å². The third kappa shape index (κ3) is 1.21. The number of benzene rings is 1. The maximum atomic E-state index is 9.69. The van der Waals surface area contributed by atoms with E-state index in [1.54, 1.807) is 18.3 Å². The van der Waals surface area contributed by atoms with E-state index >= 15 is 0 Å². The van der Waals surface area contributed by atoms with Gasteiger partial charge >= 0.3 is 0 Å². The van der Waals surface area contributed by atoms with Crippen LogP contribution in [0.3, 0.4) is 0 Å². The van der Waals surface area contributed by atoms with Crippen LogP contribution in [0.4, 0.5) is 0 Å². The Bertz CT molecular complexity index is 525. The normalized spacial score (nSPS) is 10.3. The van der Waals surface area contributed by atoms with E-state index in [0.717, 1.165) is 11.1 Å². The van der Waals surface area contributed by atoms with Crippen molar-refractivity contribution in [3.05, 3.63) is 28.9 Å². The zero-order valence-corrected chi connectivity index (χ0v) is 7.97. The van der Waals surface area contributed by atoms with Crippen LogP contribution in [0.5, 0.6) is 5.75 Å². The van der Waals surface area contributed by atoms with Crippen LogP contribution in [-0.4, -0.2) is 10.1 Å². The molecular formula is C10H7ClN2O. The molecule has 1 aromatic carbocycles. The molecule has 14 heavy (non-hydrogen) atoms. The minimum atomic E-state index is 0.0377. The van der Waals surface area contributed by atoms with Gasteiger partial charge in [0.2, 0.25) is 0 Å². The monoisotopic (exact) mass is 206 g/mol. The fraction of sp³-hybridized carbons (Fsp3) is 0.100. The Hall–Kier alpha value is -1.66. The third-order valence-corrected chi connectivity index (χ3v) is 2.43. The fourth-order valence-corrected chi connectivity index (χ4v) is 1.63. The van der Waals surface area contributed by atoms with Crippen molar-refractivity contribution in [1.82, 2.24) is 4.98 Å². The van der Waals surface area contributed by atoms with Gasteiger partial charge in [0.05, 0.1) is 17.5 Å². The molecule has 1 heterocycles. The molecule has 2 rings (SSSR count). The number of aromatic hydroxyl groups is 1. The standard InChI is InChI=1S/C10H7ClN2O/c11-7-1-2-8-9(10(7)14)6(3-4-12)5-13-8/h1-2,5,13-14H,3H2. The van der Waals surface area contributed by atoms with Crippen LogP contribution in [0.1, 0.15) is 5.56 Å². The van der Waals surface area contributed by atoms with Crippen molar-refractivity contribution >= 4 is 22.5 Å². The highest BCUT2D eigenvalue weighted by Gasteiger charge is 2.10. The van der Waals surface area contributed by atoms with Gasteiger partial charge in [0.25, 0.3) is 0 Å². The van der Waals surface area contributed by atoms with Crippen LogP contribution in [0.25, 0.3) is 10.9 Å². The topological polar surface area (TPSA) is 59.8 Å². The number of aromatic nitrogens is 1. The number of nitriles is 1. The fourth-order valence-electron chi connectivity index (χ4n) is 1.47. The predicted molar refractivity (Wildman–Crippen MR) is 54.3 cm³/mol. The SMILES string of the molecule is N#CCc1c[nH]c2ccc(Cl)c(O)c12. The second kappa shape index (κ2) is 3.24. The predicted octanol–water partition coefficient (Wildman–Crippen LogP) is 2.59. The molecule has 0 saturated heterocycles. The summed E-state index contributed by atoms with van der Waals surface area (Å²) in [5.41, 5.74) is 1.56. The van der Waals surface area contributed by atoms with E-state index in [1.165, 1.54) is 0 Å². The molecule has 0 spiro atoms. The van der Waals surface area contributed by atoms with Gasteiger partial charge in [-0.2, -0.15) is 5.26 Å². The van der Waals surface area contributed by atoms with Gasteiger partial charge in [0.15, 0.2) is 0 Å². The van der Waals surface area contributed by atoms with E-state index in [1.807, 2.05) is 6.07 Å². The molecule has 0 aliphatic rings. The molecule has 2 aromatic rings. The summed E-state index contributed by atoms with van der Waals surface area (Å²) in [5.74, 6) is 0.0377. The first-order chi connectivity index (χ1) is 6.74. The van der Waals surface area contributed by atoms with Crippen molar-refractivity contribution in [2.75, 3.05) is 0 Å². The summed E-state index contributed by atoms with van der Waals surface area (Å²) >= 11 is 5.77. The van der Waals surface area contributed by atoms with Crippen molar-refractivity contribution in [2.45, 2.75) is 6.42 Å². The molecule has 0 radical (unpaired) electrons. The highest BCUT2D eigenvalue weighted by Crippen LogP contribution is 2.34. The van der Waals surface area contributed by atoms with Crippen LogP contribution >= 0.6 is 11.6 Å². The second-order valence-corrected chi connectivity index (χ2v) is 3.37. The Labute approximate surface area is 85.5 Å². The average Bonchev–Trinajstić information content (AvgIpc) is 2.57. The third-order valence-electron chi connectivity index (χ3n) is 2.12. The van der Waals surface area contributed by atoms with Crippen LogP contribution in [0.2, 0.25) is 5.02 Å². The smallest absolute Gasteiger partial charge is 0.143 e. The first-order valence-corrected chi connectivity index (χ1v) is 4.46. The number of hydrogen-bond donors (Lipinski definition) is 2. The molecule has 0 aliphatic heterocycles. The quantitative estimate of drug-likeness (QED) is 0.754. The number of phenols is 1. The van der Waals surface area contributed by atoms with E-state index in [2.05, 4.69) is 4.98 Å². The van der Waals surface area contributed by atoms with E-state index in [-0.39, 0.29) is 12.2 Å². The minimum Gasteiger partial charge on any atom is -0.506 e. The van der Waals surface area contributed by atoms with Gasteiger partial charge < -0.3 is 10.1 Å². The molecule has 0 atom stereocenters. The molecular weight excluding hydrogens is 200 g/mol. The maximum Gasteiger partial charge on any atom is 0.143 e. The van der Waals surface area contributed by atoms with E-state index < -0.39 is 0 Å². The lowest BCUT2D eigenvalue weighted by Crippen LogP contribution is -1.79. The molecule has 0 aliphatic carbocycles. The summed E-state index contributed by atoms with van der Waals surface area (Å²) in [6, 6.07) is 5.43. The maximum absolute atomic E-state index is 9.69. The second-order valence-electron chi connectivity index (χ2n) is 2.97. The molecule has 2 N–H and O–H groups in total. The van der Waals surface area contributed by atoms with Gasteiger partial charge in [-0.05, 0) is 17.7 Å². The van der Waals surface area contributed by atoms with Crippen molar-refractivity contribution in [2.24, 2.45) is 0 Å². The Morgan fingerprint density at radius 2 is 2.29 bits per heavy atom. The van der Waals surface area contributed by atoms with Gasteiger partial charge in [0.1, 0.15) is 5.75 Å². The first kappa shape index (κ1) is 8.92. The summed E-state index contributed by atoms with van der Waals surface area (Å²) in [5, 5.41) is 19.2. The lowest BCUT2D eigenvalue weighted by Gasteiger charge is -1.99. The number of fused-ring (bicyclic) bond motifs is 1. The van der Waals surface area contributed by atoms with Gasteiger partial charge in [-0.3, -0.25) is 0 Å².